The smallest absolute Gasteiger partial charge is 0.253 e. The molecule has 1 fully saturated rings. The highest BCUT2D eigenvalue weighted by atomic mass is 35.5. The molecular weight excluding hydrogens is 403 g/mol. The van der Waals surface area contributed by atoms with Gasteiger partial charge >= 0.3 is 0 Å². The van der Waals surface area contributed by atoms with E-state index in [1.807, 2.05) is 6.26 Å². The molecule has 0 heterocycles. The Morgan fingerprint density at radius 2 is 2.00 bits per heavy atom. The topological polar surface area (TPSA) is 58.2 Å². The molecule has 4 unspecified atom stereocenters. The quantitative estimate of drug-likeness (QED) is 0.653. The Kier molecular flexibility index (Phi) is 8.77. The lowest BCUT2D eigenvalue weighted by Gasteiger charge is -2.35. The molecule has 27 heavy (non-hydrogen) atoms. The highest BCUT2D eigenvalue weighted by Gasteiger charge is 2.30. The van der Waals surface area contributed by atoms with Gasteiger partial charge in [0.25, 0.3) is 5.91 Å². The lowest BCUT2D eigenvalue weighted by atomic mass is 9.78. The molecule has 0 bridgehead atoms. The fourth-order valence-corrected chi connectivity index (χ4v) is 4.45. The van der Waals surface area contributed by atoms with Crippen LogP contribution in [0.25, 0.3) is 0 Å². The number of amides is 2. The first-order chi connectivity index (χ1) is 12.8. The summed E-state index contributed by atoms with van der Waals surface area (Å²) in [4.78, 5) is 25.5. The van der Waals surface area contributed by atoms with E-state index in [-0.39, 0.29) is 22.9 Å². The number of benzene rings is 1. The van der Waals surface area contributed by atoms with Gasteiger partial charge in [-0.05, 0) is 54.9 Å². The van der Waals surface area contributed by atoms with Crippen LogP contribution in [-0.2, 0) is 4.79 Å². The molecule has 0 spiro atoms. The number of nitrogens with one attached hydrogen (secondary N) is 2. The van der Waals surface area contributed by atoms with Gasteiger partial charge in [-0.15, -0.1) is 0 Å². The molecule has 150 valence electrons. The van der Waals surface area contributed by atoms with Gasteiger partial charge in [0, 0.05) is 11.1 Å². The molecular formula is C20H28Cl2N2O2S. The number of carbonyl (C=O) groups excluding carboxylic acids is 2. The van der Waals surface area contributed by atoms with Crippen LogP contribution in [0.5, 0.6) is 0 Å². The lowest BCUT2D eigenvalue weighted by molar-refractivity contribution is -0.124. The second-order valence-electron chi connectivity index (χ2n) is 7.31. The molecule has 2 amide bonds. The van der Waals surface area contributed by atoms with E-state index in [9.17, 15) is 9.59 Å². The summed E-state index contributed by atoms with van der Waals surface area (Å²) in [6.45, 7) is 4.43. The van der Waals surface area contributed by atoms with Crippen LogP contribution < -0.4 is 10.6 Å². The van der Waals surface area contributed by atoms with Gasteiger partial charge in [0.1, 0.15) is 6.04 Å². The molecule has 1 aromatic carbocycles. The molecule has 1 saturated carbocycles. The largest absolute Gasteiger partial charge is 0.351 e. The van der Waals surface area contributed by atoms with E-state index in [1.54, 1.807) is 23.9 Å². The highest BCUT2D eigenvalue weighted by molar-refractivity contribution is 7.98. The fraction of sp³-hybridized carbons (Fsp3) is 0.600. The summed E-state index contributed by atoms with van der Waals surface area (Å²) in [5, 5.41) is 6.77. The van der Waals surface area contributed by atoms with E-state index in [2.05, 4.69) is 24.5 Å². The maximum Gasteiger partial charge on any atom is 0.253 e. The molecule has 7 heteroatoms. The van der Waals surface area contributed by atoms with Crippen molar-refractivity contribution >= 4 is 46.8 Å². The van der Waals surface area contributed by atoms with Gasteiger partial charge < -0.3 is 10.6 Å². The molecule has 1 aromatic rings. The average molecular weight is 431 g/mol. The van der Waals surface area contributed by atoms with Crippen molar-refractivity contribution in [3.8, 4) is 0 Å². The van der Waals surface area contributed by atoms with E-state index in [0.29, 0.717) is 28.8 Å². The predicted molar refractivity (Wildman–Crippen MR) is 115 cm³/mol. The number of hydrogen-bond donors (Lipinski definition) is 2. The molecule has 2 N–H and O–H groups in total. The van der Waals surface area contributed by atoms with Crippen molar-refractivity contribution in [3.05, 3.63) is 33.8 Å². The van der Waals surface area contributed by atoms with E-state index < -0.39 is 6.04 Å². The Balaban J connectivity index is 2.06. The molecule has 0 aromatic heterocycles. The summed E-state index contributed by atoms with van der Waals surface area (Å²) < 4.78 is 0. The summed E-state index contributed by atoms with van der Waals surface area (Å²) in [6.07, 6.45) is 5.87. The van der Waals surface area contributed by atoms with Gasteiger partial charge in [-0.25, -0.2) is 0 Å². The van der Waals surface area contributed by atoms with Crippen molar-refractivity contribution in [2.45, 2.75) is 51.6 Å². The maximum atomic E-state index is 12.9. The minimum Gasteiger partial charge on any atom is -0.351 e. The van der Waals surface area contributed by atoms with Gasteiger partial charge in [-0.3, -0.25) is 9.59 Å². The Bertz CT molecular complexity index is 671. The van der Waals surface area contributed by atoms with Gasteiger partial charge in [0.2, 0.25) is 5.91 Å². The maximum absolute atomic E-state index is 12.9. The summed E-state index contributed by atoms with van der Waals surface area (Å²) >= 11 is 13.7. The Morgan fingerprint density at radius 1 is 1.26 bits per heavy atom. The zero-order valence-electron chi connectivity index (χ0n) is 16.1. The Labute approximate surface area is 176 Å². The molecule has 4 nitrogen and oxygen atoms in total. The average Bonchev–Trinajstić information content (AvgIpc) is 2.62. The van der Waals surface area contributed by atoms with Crippen molar-refractivity contribution in [2.75, 3.05) is 12.0 Å². The Hall–Kier alpha value is -0.910. The van der Waals surface area contributed by atoms with E-state index >= 15 is 0 Å². The first kappa shape index (κ1) is 22.4. The summed E-state index contributed by atoms with van der Waals surface area (Å²) in [5.41, 5.74) is 0.322. The zero-order chi connectivity index (χ0) is 20.0. The number of thioether (sulfide) groups is 1. The first-order valence-electron chi connectivity index (χ1n) is 9.38. The van der Waals surface area contributed by atoms with Gasteiger partial charge in [-0.2, -0.15) is 11.8 Å². The van der Waals surface area contributed by atoms with Crippen LogP contribution in [-0.4, -0.2) is 35.9 Å². The lowest BCUT2D eigenvalue weighted by Crippen LogP contribution is -2.52. The molecule has 0 saturated heterocycles. The highest BCUT2D eigenvalue weighted by Crippen LogP contribution is 2.29. The minimum absolute atomic E-state index is 0.117. The van der Waals surface area contributed by atoms with Gasteiger partial charge in [0.05, 0.1) is 10.6 Å². The SMILES string of the molecule is CSCCC(NC(=O)c1ccc(Cl)cc1Cl)C(=O)NC1CCCC(C)C1C. The van der Waals surface area contributed by atoms with Gasteiger partial charge in [-0.1, -0.05) is 49.9 Å². The van der Waals surface area contributed by atoms with Crippen molar-refractivity contribution in [2.24, 2.45) is 11.8 Å². The molecule has 1 aliphatic rings. The van der Waals surface area contributed by atoms with Crippen molar-refractivity contribution in [3.63, 3.8) is 0 Å². The third kappa shape index (κ3) is 6.30. The number of halogens is 2. The second-order valence-corrected chi connectivity index (χ2v) is 9.14. The molecule has 4 atom stereocenters. The molecule has 2 rings (SSSR count). The van der Waals surface area contributed by atoms with Crippen molar-refractivity contribution < 1.29 is 9.59 Å². The van der Waals surface area contributed by atoms with E-state index in [1.165, 1.54) is 12.5 Å². The Morgan fingerprint density at radius 3 is 2.67 bits per heavy atom. The first-order valence-corrected chi connectivity index (χ1v) is 11.5. The normalized spacial score (nSPS) is 23.5. The summed E-state index contributed by atoms with van der Waals surface area (Å²) in [7, 11) is 0. The number of rotatable bonds is 7. The van der Waals surface area contributed by atoms with E-state index in [0.717, 1.165) is 18.6 Å². The second kappa shape index (κ2) is 10.6. The van der Waals surface area contributed by atoms with Crippen LogP contribution >= 0.6 is 35.0 Å². The van der Waals surface area contributed by atoms with Crippen LogP contribution in [0.2, 0.25) is 10.0 Å². The fourth-order valence-electron chi connectivity index (χ4n) is 3.48. The van der Waals surface area contributed by atoms with Crippen molar-refractivity contribution in [1.82, 2.24) is 10.6 Å². The third-order valence-corrected chi connectivity index (χ3v) is 6.63. The minimum atomic E-state index is -0.582. The number of carbonyl (C=O) groups is 2. The predicted octanol–water partition coefficient (Wildman–Crippen LogP) is 4.79. The standard InChI is InChI=1S/C20H28Cl2N2O2S/c1-12-5-4-6-17(13(12)2)23-20(26)18(9-10-27-3)24-19(25)15-8-7-14(21)11-16(15)22/h7-8,11-13,17-18H,4-6,9-10H2,1-3H3,(H,23,26)(H,24,25). The van der Waals surface area contributed by atoms with Crippen LogP contribution in [0.3, 0.4) is 0 Å². The van der Waals surface area contributed by atoms with Crippen LogP contribution in [0.15, 0.2) is 18.2 Å². The monoisotopic (exact) mass is 430 g/mol. The van der Waals surface area contributed by atoms with Crippen LogP contribution in [0.1, 0.15) is 49.9 Å². The molecule has 0 radical (unpaired) electrons. The van der Waals surface area contributed by atoms with Gasteiger partial charge in [0.15, 0.2) is 0 Å². The number of hydrogen-bond acceptors (Lipinski definition) is 3. The summed E-state index contributed by atoms with van der Waals surface area (Å²) in [6, 6.07) is 4.30. The van der Waals surface area contributed by atoms with Crippen LogP contribution in [0, 0.1) is 11.8 Å². The molecule has 1 aliphatic carbocycles. The van der Waals surface area contributed by atoms with Crippen molar-refractivity contribution in [1.29, 1.82) is 0 Å². The van der Waals surface area contributed by atoms with E-state index in [4.69, 9.17) is 23.2 Å². The third-order valence-electron chi connectivity index (χ3n) is 5.44. The molecule has 0 aliphatic heterocycles. The van der Waals surface area contributed by atoms with Crippen LogP contribution in [0.4, 0.5) is 0 Å². The summed E-state index contributed by atoms with van der Waals surface area (Å²) in [5.74, 6) is 1.33. The zero-order valence-corrected chi connectivity index (χ0v) is 18.4.